The van der Waals surface area contributed by atoms with Gasteiger partial charge in [0.15, 0.2) is 0 Å². The molecule has 0 spiro atoms. The van der Waals surface area contributed by atoms with Crippen molar-refractivity contribution >= 4 is 17.3 Å². The zero-order valence-electron chi connectivity index (χ0n) is 9.71. The van der Waals surface area contributed by atoms with Gasteiger partial charge in [-0.2, -0.15) is 0 Å². The van der Waals surface area contributed by atoms with Gasteiger partial charge in [-0.05, 0) is 18.2 Å². The minimum atomic E-state index is -0.577. The van der Waals surface area contributed by atoms with Crippen molar-refractivity contribution in [1.82, 2.24) is 4.98 Å². The van der Waals surface area contributed by atoms with Gasteiger partial charge in [-0.25, -0.2) is 0 Å². The van der Waals surface area contributed by atoms with Crippen LogP contribution in [0.15, 0.2) is 36.5 Å². The van der Waals surface area contributed by atoms with Crippen molar-refractivity contribution in [3.05, 3.63) is 57.9 Å². The molecule has 1 aromatic carbocycles. The van der Waals surface area contributed by atoms with E-state index in [0.717, 1.165) is 6.20 Å². The predicted molar refractivity (Wildman–Crippen MR) is 69.8 cm³/mol. The van der Waals surface area contributed by atoms with Gasteiger partial charge in [0.25, 0.3) is 11.6 Å². The van der Waals surface area contributed by atoms with Crippen LogP contribution in [0, 0.1) is 22.5 Å². The highest BCUT2D eigenvalue weighted by Gasteiger charge is 2.14. The molecule has 0 saturated heterocycles. The Morgan fingerprint density at radius 2 is 2.21 bits per heavy atom. The van der Waals surface area contributed by atoms with Gasteiger partial charge >= 0.3 is 0 Å². The Morgan fingerprint density at radius 3 is 2.84 bits per heavy atom. The highest BCUT2D eigenvalue weighted by Crippen LogP contribution is 2.15. The molecule has 0 bridgehead atoms. The van der Waals surface area contributed by atoms with Gasteiger partial charge in [0.2, 0.25) is 0 Å². The molecule has 0 fully saturated rings. The van der Waals surface area contributed by atoms with Crippen LogP contribution >= 0.6 is 0 Å². The van der Waals surface area contributed by atoms with E-state index in [9.17, 15) is 14.9 Å². The van der Waals surface area contributed by atoms with Crippen LogP contribution in [0.2, 0.25) is 0 Å². The van der Waals surface area contributed by atoms with E-state index >= 15 is 0 Å². The molecule has 94 valence electrons. The summed E-state index contributed by atoms with van der Waals surface area (Å²) in [5.41, 5.74) is 1.10. The van der Waals surface area contributed by atoms with Crippen LogP contribution in [0.4, 0.5) is 11.4 Å². The number of terminal acetylenes is 1. The molecule has 0 atom stereocenters. The van der Waals surface area contributed by atoms with E-state index in [1.807, 2.05) is 0 Å². The van der Waals surface area contributed by atoms with E-state index in [-0.39, 0.29) is 11.4 Å². The lowest BCUT2D eigenvalue weighted by Crippen LogP contribution is -2.12. The average molecular weight is 255 g/mol. The number of nitrogens with zero attached hydrogens (tertiary/aromatic N) is 1. The first-order valence-electron chi connectivity index (χ1n) is 5.31. The molecule has 6 nitrogen and oxygen atoms in total. The summed E-state index contributed by atoms with van der Waals surface area (Å²) in [6, 6.07) is 7.92. The SMILES string of the molecule is C#Cc1cccc(NC(=O)c2cc([N+](=O)[O-])c[nH]2)c1. The molecule has 6 heteroatoms. The summed E-state index contributed by atoms with van der Waals surface area (Å²) in [5, 5.41) is 13.1. The number of carbonyl (C=O) groups is 1. The molecule has 1 amide bonds. The number of H-pyrrole nitrogens is 1. The van der Waals surface area contributed by atoms with E-state index in [1.54, 1.807) is 24.3 Å². The van der Waals surface area contributed by atoms with E-state index < -0.39 is 10.8 Å². The van der Waals surface area contributed by atoms with Gasteiger partial charge in [0.05, 0.1) is 11.1 Å². The molecule has 0 aliphatic carbocycles. The quantitative estimate of drug-likeness (QED) is 0.500. The van der Waals surface area contributed by atoms with Gasteiger partial charge in [-0.3, -0.25) is 14.9 Å². The minimum Gasteiger partial charge on any atom is -0.351 e. The average Bonchev–Trinajstić information content (AvgIpc) is 2.89. The molecule has 0 saturated carbocycles. The monoisotopic (exact) mass is 255 g/mol. The standard InChI is InChI=1S/C13H9N3O3/c1-2-9-4-3-5-10(6-9)15-13(17)12-7-11(8-14-12)16(18)19/h1,3-8,14H,(H,15,17). The lowest BCUT2D eigenvalue weighted by Gasteiger charge is -2.03. The van der Waals surface area contributed by atoms with Crippen molar-refractivity contribution in [3.63, 3.8) is 0 Å². The maximum Gasteiger partial charge on any atom is 0.287 e. The van der Waals surface area contributed by atoms with Gasteiger partial charge in [-0.15, -0.1) is 6.42 Å². The van der Waals surface area contributed by atoms with Crippen LogP contribution < -0.4 is 5.32 Å². The zero-order chi connectivity index (χ0) is 13.8. The van der Waals surface area contributed by atoms with Gasteiger partial charge in [-0.1, -0.05) is 12.0 Å². The Balaban J connectivity index is 2.16. The highest BCUT2D eigenvalue weighted by molar-refractivity contribution is 6.03. The van der Waals surface area contributed by atoms with Crippen LogP contribution in [0.3, 0.4) is 0 Å². The van der Waals surface area contributed by atoms with E-state index in [0.29, 0.717) is 11.3 Å². The van der Waals surface area contributed by atoms with Crippen LogP contribution in [0.5, 0.6) is 0 Å². The second kappa shape index (κ2) is 5.06. The summed E-state index contributed by atoms with van der Waals surface area (Å²) in [6.07, 6.45) is 6.41. The minimum absolute atomic E-state index is 0.109. The number of nitro groups is 1. The van der Waals surface area contributed by atoms with Gasteiger partial charge in [0, 0.05) is 17.3 Å². The number of hydrogen-bond acceptors (Lipinski definition) is 3. The number of nitrogens with one attached hydrogen (secondary N) is 2. The number of benzene rings is 1. The van der Waals surface area contributed by atoms with Crippen molar-refractivity contribution in [2.24, 2.45) is 0 Å². The largest absolute Gasteiger partial charge is 0.351 e. The molecule has 2 rings (SSSR count). The summed E-state index contributed by atoms with van der Waals surface area (Å²) in [7, 11) is 0. The summed E-state index contributed by atoms with van der Waals surface area (Å²) in [5.74, 6) is 1.98. The maximum atomic E-state index is 11.8. The molecule has 1 aromatic heterocycles. The third-order valence-electron chi connectivity index (χ3n) is 2.41. The molecule has 1 heterocycles. The predicted octanol–water partition coefficient (Wildman–Crippen LogP) is 2.16. The molecule has 19 heavy (non-hydrogen) atoms. The number of anilines is 1. The topological polar surface area (TPSA) is 88.0 Å². The van der Waals surface area contributed by atoms with Gasteiger partial charge in [0.1, 0.15) is 5.69 Å². The summed E-state index contributed by atoms with van der Waals surface area (Å²) >= 11 is 0. The zero-order valence-corrected chi connectivity index (χ0v) is 9.71. The normalized spacial score (nSPS) is 9.63. The highest BCUT2D eigenvalue weighted by atomic mass is 16.6. The number of rotatable bonds is 3. The Kier molecular flexibility index (Phi) is 3.30. The van der Waals surface area contributed by atoms with Gasteiger partial charge < -0.3 is 10.3 Å². The number of aromatic nitrogens is 1. The number of hydrogen-bond donors (Lipinski definition) is 2. The number of aromatic amines is 1. The molecular weight excluding hydrogens is 246 g/mol. The number of amides is 1. The Morgan fingerprint density at radius 1 is 1.42 bits per heavy atom. The Labute approximate surface area is 108 Å². The van der Waals surface area contributed by atoms with Crippen molar-refractivity contribution in [2.45, 2.75) is 0 Å². The number of carbonyl (C=O) groups excluding carboxylic acids is 1. The van der Waals surface area contributed by atoms with Crippen LogP contribution in [0.25, 0.3) is 0 Å². The molecule has 0 radical (unpaired) electrons. The van der Waals surface area contributed by atoms with Crippen molar-refractivity contribution in [1.29, 1.82) is 0 Å². The summed E-state index contributed by atoms with van der Waals surface area (Å²) < 4.78 is 0. The second-order valence-corrected chi connectivity index (χ2v) is 3.71. The fraction of sp³-hybridized carbons (Fsp3) is 0. The van der Waals surface area contributed by atoms with E-state index in [2.05, 4.69) is 16.2 Å². The fourth-order valence-electron chi connectivity index (χ4n) is 1.50. The molecule has 0 aliphatic rings. The van der Waals surface area contributed by atoms with E-state index in [1.165, 1.54) is 6.07 Å². The lowest BCUT2D eigenvalue weighted by atomic mass is 10.2. The molecule has 2 N–H and O–H groups in total. The Bertz CT molecular complexity index is 682. The van der Waals surface area contributed by atoms with Crippen molar-refractivity contribution in [2.75, 3.05) is 5.32 Å². The van der Waals surface area contributed by atoms with E-state index in [4.69, 9.17) is 6.42 Å². The summed E-state index contributed by atoms with van der Waals surface area (Å²) in [6.45, 7) is 0. The van der Waals surface area contributed by atoms with Crippen molar-refractivity contribution in [3.8, 4) is 12.3 Å². The third-order valence-corrected chi connectivity index (χ3v) is 2.41. The Hall–Kier alpha value is -3.07. The summed E-state index contributed by atoms with van der Waals surface area (Å²) in [4.78, 5) is 24.3. The lowest BCUT2D eigenvalue weighted by molar-refractivity contribution is -0.384. The van der Waals surface area contributed by atoms with Crippen LogP contribution in [-0.2, 0) is 0 Å². The van der Waals surface area contributed by atoms with Crippen LogP contribution in [-0.4, -0.2) is 15.8 Å². The molecule has 0 unspecified atom stereocenters. The molecular formula is C13H9N3O3. The fourth-order valence-corrected chi connectivity index (χ4v) is 1.50. The molecule has 0 aliphatic heterocycles. The first-order valence-corrected chi connectivity index (χ1v) is 5.31. The maximum absolute atomic E-state index is 11.8. The molecule has 2 aromatic rings. The first kappa shape index (κ1) is 12.4. The smallest absolute Gasteiger partial charge is 0.287 e. The van der Waals surface area contributed by atoms with Crippen LogP contribution in [0.1, 0.15) is 16.1 Å². The van der Waals surface area contributed by atoms with Crippen molar-refractivity contribution < 1.29 is 9.72 Å². The second-order valence-electron chi connectivity index (χ2n) is 3.71. The first-order chi connectivity index (χ1) is 9.10. The third kappa shape index (κ3) is 2.79.